The van der Waals surface area contributed by atoms with Gasteiger partial charge < -0.3 is 0 Å². The predicted octanol–water partition coefficient (Wildman–Crippen LogP) is 12.6. The zero-order valence-electron chi connectivity index (χ0n) is 25.8. The fourth-order valence-corrected chi connectivity index (χ4v) is 8.47. The molecule has 0 bridgehead atoms. The van der Waals surface area contributed by atoms with E-state index in [1.165, 1.54) is 179 Å². The zero-order chi connectivity index (χ0) is 27.1. The molecule has 0 spiro atoms. The average Bonchev–Trinajstić information content (AvgIpc) is 3.39. The molecule has 0 radical (unpaired) electrons. The van der Waals surface area contributed by atoms with E-state index in [1.807, 2.05) is 0 Å². The third-order valence-corrected chi connectivity index (χ3v) is 11.3. The predicted molar refractivity (Wildman–Crippen MR) is 181 cm³/mol. The number of hydrogen-bond donors (Lipinski definition) is 0. The molecule has 38 heavy (non-hydrogen) atoms. The summed E-state index contributed by atoms with van der Waals surface area (Å²) >= 11 is 0. The van der Waals surface area contributed by atoms with Crippen molar-refractivity contribution >= 4 is 18.5 Å². The van der Waals surface area contributed by atoms with Gasteiger partial charge in [0, 0.05) is 0 Å². The lowest BCUT2D eigenvalue weighted by Crippen LogP contribution is -2.14. The van der Waals surface area contributed by atoms with E-state index in [4.69, 9.17) is 0 Å². The van der Waals surface area contributed by atoms with Crippen LogP contribution in [0.1, 0.15) is 173 Å². The van der Waals surface area contributed by atoms with Crippen LogP contribution in [0.5, 0.6) is 0 Å². The summed E-state index contributed by atoms with van der Waals surface area (Å²) in [7, 11) is 5.76. The Morgan fingerprint density at radius 3 is 1.39 bits per heavy atom. The minimum Gasteiger partial charge on any atom is -0.138 e. The van der Waals surface area contributed by atoms with Crippen molar-refractivity contribution in [2.24, 2.45) is 29.6 Å². The number of hydrogen-bond acceptors (Lipinski definition) is 0. The second-order valence-electron chi connectivity index (χ2n) is 13.7. The van der Waals surface area contributed by atoms with Crippen molar-refractivity contribution in [3.8, 4) is 0 Å². The molecule has 2 rings (SSSR count). The Morgan fingerprint density at radius 1 is 0.500 bits per heavy atom. The Morgan fingerprint density at radius 2 is 0.895 bits per heavy atom. The molecule has 4 unspecified atom stereocenters. The van der Waals surface area contributed by atoms with Gasteiger partial charge in [0.05, 0.1) is 0 Å². The van der Waals surface area contributed by atoms with Gasteiger partial charge in [0.15, 0.2) is 0 Å². The lowest BCUT2D eigenvalue weighted by molar-refractivity contribution is 0.244. The molecule has 0 aromatic carbocycles. The molecule has 0 aromatic rings. The zero-order valence-corrected chi connectivity index (χ0v) is 28.1. The van der Waals surface area contributed by atoms with Crippen LogP contribution >= 0.6 is 18.5 Å². The van der Waals surface area contributed by atoms with Crippen LogP contribution in [0.4, 0.5) is 0 Å². The van der Waals surface area contributed by atoms with Gasteiger partial charge in [0.1, 0.15) is 0 Å². The second kappa shape index (κ2) is 24.2. The standard InChI is InChI=1S/C36H70P2/c1-2-3-16-32(17-9-6-11-19-33-23-25-34(26-24-33)20-13-15-30-38)18-10-7-12-22-36-28-27-35(31-36)21-8-4-5-14-29-37/h2,32-36H,1,3-31,37-38H2/t32?,33?,34?,35-,36?/m1/s1. The topological polar surface area (TPSA) is 0 Å². The molecule has 5 atom stereocenters. The van der Waals surface area contributed by atoms with Crippen molar-refractivity contribution in [3.63, 3.8) is 0 Å². The van der Waals surface area contributed by atoms with Crippen molar-refractivity contribution in [3.05, 3.63) is 12.7 Å². The van der Waals surface area contributed by atoms with Gasteiger partial charge >= 0.3 is 0 Å². The van der Waals surface area contributed by atoms with Crippen LogP contribution in [0.25, 0.3) is 0 Å². The van der Waals surface area contributed by atoms with Gasteiger partial charge in [-0.05, 0) is 74.0 Å². The van der Waals surface area contributed by atoms with Crippen LogP contribution in [0, 0.1) is 29.6 Å². The van der Waals surface area contributed by atoms with Gasteiger partial charge in [-0.25, -0.2) is 0 Å². The van der Waals surface area contributed by atoms with Gasteiger partial charge in [0.2, 0.25) is 0 Å². The van der Waals surface area contributed by atoms with E-state index in [1.54, 1.807) is 6.42 Å². The quantitative estimate of drug-likeness (QED) is 0.0587. The first-order valence-corrected chi connectivity index (χ1v) is 19.4. The van der Waals surface area contributed by atoms with Crippen molar-refractivity contribution in [1.29, 1.82) is 0 Å². The van der Waals surface area contributed by atoms with Crippen LogP contribution in [0.15, 0.2) is 12.7 Å². The molecule has 0 aliphatic heterocycles. The van der Waals surface area contributed by atoms with E-state index in [0.717, 1.165) is 29.6 Å². The molecule has 2 aliphatic carbocycles. The molecule has 0 N–H and O–H groups in total. The maximum Gasteiger partial charge on any atom is -0.0351 e. The highest BCUT2D eigenvalue weighted by Gasteiger charge is 2.24. The summed E-state index contributed by atoms with van der Waals surface area (Å²) in [6.07, 6.45) is 44.8. The summed E-state index contributed by atoms with van der Waals surface area (Å²) in [5.41, 5.74) is 0. The first-order chi connectivity index (χ1) is 18.7. The van der Waals surface area contributed by atoms with Crippen LogP contribution in [0.3, 0.4) is 0 Å². The lowest BCUT2D eigenvalue weighted by atomic mass is 9.78. The van der Waals surface area contributed by atoms with E-state index in [2.05, 4.69) is 31.1 Å². The summed E-state index contributed by atoms with van der Waals surface area (Å²) in [6, 6.07) is 0. The third-order valence-electron chi connectivity index (χ3n) is 10.5. The molecule has 2 heteroatoms. The molecule has 0 amide bonds. The van der Waals surface area contributed by atoms with E-state index >= 15 is 0 Å². The molecule has 0 nitrogen and oxygen atoms in total. The molecule has 0 saturated heterocycles. The molecular formula is C36H70P2. The molecule has 2 saturated carbocycles. The minimum atomic E-state index is 0.965. The van der Waals surface area contributed by atoms with Crippen LogP contribution < -0.4 is 0 Å². The monoisotopic (exact) mass is 564 g/mol. The van der Waals surface area contributed by atoms with Crippen molar-refractivity contribution in [2.45, 2.75) is 173 Å². The fourth-order valence-electron chi connectivity index (χ4n) is 7.89. The summed E-state index contributed by atoms with van der Waals surface area (Å²) in [4.78, 5) is 0. The van der Waals surface area contributed by atoms with Crippen molar-refractivity contribution in [2.75, 3.05) is 12.3 Å². The average molecular weight is 565 g/mol. The summed E-state index contributed by atoms with van der Waals surface area (Å²) < 4.78 is 0. The SMILES string of the molecule is C=CCCC(CCCCCC1CCC(CCCCP)CC1)CCCCCC1CC[C@@H](CCCCCCP)C1. The molecular weight excluding hydrogens is 494 g/mol. The largest absolute Gasteiger partial charge is 0.138 e. The van der Waals surface area contributed by atoms with Gasteiger partial charge in [-0.15, -0.1) is 25.1 Å². The van der Waals surface area contributed by atoms with Gasteiger partial charge in [-0.1, -0.05) is 147 Å². The Hall–Kier alpha value is 0.600. The van der Waals surface area contributed by atoms with Crippen molar-refractivity contribution in [1.82, 2.24) is 0 Å². The smallest absolute Gasteiger partial charge is 0.0351 e. The third kappa shape index (κ3) is 17.4. The Kier molecular flexibility index (Phi) is 22.2. The lowest BCUT2D eigenvalue weighted by Gasteiger charge is -2.28. The molecule has 2 fully saturated rings. The van der Waals surface area contributed by atoms with Gasteiger partial charge in [-0.3, -0.25) is 0 Å². The fraction of sp³-hybridized carbons (Fsp3) is 0.944. The first-order valence-electron chi connectivity index (χ1n) is 17.8. The van der Waals surface area contributed by atoms with E-state index < -0.39 is 0 Å². The van der Waals surface area contributed by atoms with Crippen LogP contribution in [-0.2, 0) is 0 Å². The molecule has 0 aromatic heterocycles. The maximum atomic E-state index is 4.01. The number of unbranched alkanes of at least 4 members (excludes halogenated alkanes) is 8. The Labute approximate surface area is 245 Å². The summed E-state index contributed by atoms with van der Waals surface area (Å²) in [5.74, 6) is 5.23. The summed E-state index contributed by atoms with van der Waals surface area (Å²) in [5, 5.41) is 0. The highest BCUT2D eigenvalue weighted by molar-refractivity contribution is 7.16. The number of rotatable bonds is 25. The molecule has 2 aliphatic rings. The Balaban J connectivity index is 1.45. The minimum absolute atomic E-state index is 0.965. The van der Waals surface area contributed by atoms with Gasteiger partial charge in [0.25, 0.3) is 0 Å². The van der Waals surface area contributed by atoms with Crippen LogP contribution in [-0.4, -0.2) is 12.3 Å². The highest BCUT2D eigenvalue weighted by Crippen LogP contribution is 2.37. The van der Waals surface area contributed by atoms with E-state index in [0.29, 0.717) is 0 Å². The Bertz CT molecular complexity index is 523. The first kappa shape index (κ1) is 34.8. The van der Waals surface area contributed by atoms with Crippen molar-refractivity contribution < 1.29 is 0 Å². The molecule has 224 valence electrons. The molecule has 0 heterocycles. The highest BCUT2D eigenvalue weighted by atomic mass is 31.0. The van der Waals surface area contributed by atoms with Crippen LogP contribution in [0.2, 0.25) is 0 Å². The van der Waals surface area contributed by atoms with Gasteiger partial charge in [-0.2, -0.15) is 0 Å². The van der Waals surface area contributed by atoms with E-state index in [-0.39, 0.29) is 0 Å². The second-order valence-corrected chi connectivity index (χ2v) is 14.9. The normalized spacial score (nSPS) is 24.6. The summed E-state index contributed by atoms with van der Waals surface area (Å²) in [6.45, 7) is 4.01. The van der Waals surface area contributed by atoms with E-state index in [9.17, 15) is 0 Å². The number of allylic oxidation sites excluding steroid dienone is 1. The maximum absolute atomic E-state index is 4.01.